The quantitative estimate of drug-likeness (QED) is 0.223. The predicted molar refractivity (Wildman–Crippen MR) is 102 cm³/mol. The van der Waals surface area contributed by atoms with Gasteiger partial charge >= 0.3 is 74.8 Å². The third-order valence-electron chi connectivity index (χ3n) is 4.36. The van der Waals surface area contributed by atoms with Crippen LogP contribution in [-0.4, -0.2) is 99.1 Å². The summed E-state index contributed by atoms with van der Waals surface area (Å²) in [5.41, 5.74) is 0. The van der Waals surface area contributed by atoms with Crippen LogP contribution in [0, 0.1) is 0 Å². The molecule has 33 heavy (non-hydrogen) atoms. The first kappa shape index (κ1) is 40.5. The minimum absolute atomic E-state index is 0. The number of nitrogens with zero attached hydrogens (tertiary/aromatic N) is 4. The molecule has 0 spiro atoms. The van der Waals surface area contributed by atoms with E-state index in [1.54, 1.807) is 0 Å². The van der Waals surface area contributed by atoms with E-state index < -0.39 is 16.3 Å². The Bertz CT molecular complexity index is 422. The topological polar surface area (TPSA) is 13.0 Å². The summed E-state index contributed by atoms with van der Waals surface area (Å²) < 4.78 is 98.4. The average Bonchev–Trinajstić information content (AvgIpc) is 2.49. The summed E-state index contributed by atoms with van der Waals surface area (Å²) in [4.78, 5) is 10.3. The SMILES string of the molecule is CN1CCCN2CCN(CCCN(C)CC1)CC2.FP(F)(F)(F)F.FP(F)(F)(F)F.[F-].[F-].[Ni+2]. The molecule has 0 unspecified atom stereocenters. The van der Waals surface area contributed by atoms with Gasteiger partial charge in [0.05, 0.1) is 0 Å². The number of piperazine rings is 1. The molecule has 0 radical (unpaired) electrons. The van der Waals surface area contributed by atoms with Gasteiger partial charge < -0.3 is 29.0 Å². The number of hydrogen-bond donors (Lipinski definition) is 0. The van der Waals surface area contributed by atoms with Gasteiger partial charge in [-0.2, -0.15) is 0 Å². The minimum Gasteiger partial charge on any atom is -1.00 e. The maximum atomic E-state index is 9.84. The molecule has 19 heteroatoms. The van der Waals surface area contributed by atoms with Gasteiger partial charge in [-0.25, -0.2) is 0 Å². The molecule has 210 valence electrons. The fourth-order valence-electron chi connectivity index (χ4n) is 2.93. The first-order chi connectivity index (χ1) is 13.2. The van der Waals surface area contributed by atoms with E-state index in [-0.39, 0.29) is 25.9 Å². The Kier molecular flexibility index (Phi) is 19.9. The Morgan fingerprint density at radius 1 is 0.424 bits per heavy atom. The van der Waals surface area contributed by atoms with E-state index in [1.807, 2.05) is 0 Å². The smallest absolute Gasteiger partial charge is 1.00 e. The molecule has 0 amide bonds. The zero-order chi connectivity index (χ0) is 23.7. The van der Waals surface area contributed by atoms with Gasteiger partial charge in [0.15, 0.2) is 0 Å². The zero-order valence-corrected chi connectivity index (χ0v) is 20.8. The van der Waals surface area contributed by atoms with Gasteiger partial charge in [0.2, 0.25) is 0 Å². The molecule has 0 N–H and O–H groups in total. The van der Waals surface area contributed by atoms with Crippen LogP contribution in [-0.2, 0) is 16.5 Å². The number of fused-ring (bicyclic) bond motifs is 11. The molecule has 0 aromatic carbocycles. The van der Waals surface area contributed by atoms with Crippen LogP contribution in [0.4, 0.5) is 42.0 Å². The zero-order valence-electron chi connectivity index (χ0n) is 18.0. The van der Waals surface area contributed by atoms with Crippen molar-refractivity contribution in [1.29, 1.82) is 0 Å². The third-order valence-corrected chi connectivity index (χ3v) is 4.36. The van der Waals surface area contributed by atoms with Crippen molar-refractivity contribution in [3.63, 3.8) is 0 Å². The molecule has 0 aromatic rings. The normalized spacial score (nSPS) is 25.7. The molecule has 3 rings (SSSR count). The van der Waals surface area contributed by atoms with Crippen LogP contribution in [0.3, 0.4) is 0 Å². The van der Waals surface area contributed by atoms with E-state index in [9.17, 15) is 42.0 Å². The van der Waals surface area contributed by atoms with Crippen molar-refractivity contribution in [3.8, 4) is 0 Å². The molecule has 0 aromatic heterocycles. The van der Waals surface area contributed by atoms with E-state index in [0.717, 1.165) is 0 Å². The van der Waals surface area contributed by atoms with E-state index >= 15 is 0 Å². The second-order valence-electron chi connectivity index (χ2n) is 7.27. The second kappa shape index (κ2) is 16.2. The number of likely N-dealkylation sites (N-methyl/N-ethyl adjacent to an activating group) is 2. The predicted octanol–water partition coefficient (Wildman–Crippen LogP) is 0.191. The molecule has 0 atom stereocenters. The maximum absolute atomic E-state index is 9.84. The summed E-state index contributed by atoms with van der Waals surface area (Å²) in [7, 11) is -12.6. The number of hydrogen-bond acceptors (Lipinski definition) is 4. The Balaban J connectivity index is -0.000000237. The van der Waals surface area contributed by atoms with Gasteiger partial charge in [-0.3, -0.25) is 0 Å². The summed E-state index contributed by atoms with van der Waals surface area (Å²) >= 11 is 0. The fourth-order valence-corrected chi connectivity index (χ4v) is 2.93. The van der Waals surface area contributed by atoms with Crippen molar-refractivity contribution in [3.05, 3.63) is 0 Å². The Morgan fingerprint density at radius 2 is 0.636 bits per heavy atom. The maximum Gasteiger partial charge on any atom is 2.00 e. The molecule has 0 saturated carbocycles. The van der Waals surface area contributed by atoms with E-state index in [0.29, 0.717) is 0 Å². The average molecular weight is 603 g/mol. The van der Waals surface area contributed by atoms with Gasteiger partial charge in [-0.05, 0) is 53.1 Å². The summed E-state index contributed by atoms with van der Waals surface area (Å²) in [5, 5.41) is 0. The molecule has 3 fully saturated rings. The van der Waals surface area contributed by atoms with E-state index in [1.165, 1.54) is 78.3 Å². The Morgan fingerprint density at radius 3 is 0.848 bits per heavy atom. The van der Waals surface area contributed by atoms with E-state index in [2.05, 4.69) is 33.7 Å². The van der Waals surface area contributed by atoms with Crippen molar-refractivity contribution in [2.24, 2.45) is 0 Å². The molecular formula is C14H30F12N4NiP2. The standard InChI is InChI=1S/C14H30N4.2F5P.2FH.Ni/c1-15-5-3-7-17-11-13-18(14-12-17)8-4-6-16(2)10-9-15;2*1-6(2,3,4)5;;;/h3-14H2,1-2H3;;;2*1H;/q;;;;;+2/p-2. The Labute approximate surface area is 196 Å². The van der Waals surface area contributed by atoms with Crippen LogP contribution < -0.4 is 9.41 Å². The summed E-state index contributed by atoms with van der Waals surface area (Å²) in [6.45, 7) is 12.6. The van der Waals surface area contributed by atoms with Crippen molar-refractivity contribution >= 4 is 16.3 Å². The van der Waals surface area contributed by atoms with Crippen molar-refractivity contribution < 1.29 is 67.9 Å². The van der Waals surface area contributed by atoms with Crippen LogP contribution in [0.15, 0.2) is 0 Å². The number of rotatable bonds is 0. The molecular weight excluding hydrogens is 573 g/mol. The molecule has 0 aliphatic carbocycles. The minimum atomic E-state index is -8.55. The largest absolute Gasteiger partial charge is 2.00 e. The first-order valence-corrected chi connectivity index (χ1v) is 12.6. The molecule has 4 nitrogen and oxygen atoms in total. The van der Waals surface area contributed by atoms with Crippen LogP contribution in [0.5, 0.6) is 0 Å². The third kappa shape index (κ3) is 39.8. The van der Waals surface area contributed by atoms with Crippen LogP contribution in [0.1, 0.15) is 12.8 Å². The van der Waals surface area contributed by atoms with Crippen LogP contribution >= 0.6 is 16.3 Å². The summed E-state index contributed by atoms with van der Waals surface area (Å²) in [6.07, 6.45) is 2.64. The van der Waals surface area contributed by atoms with Gasteiger partial charge in [0, 0.05) is 39.3 Å². The van der Waals surface area contributed by atoms with E-state index in [4.69, 9.17) is 0 Å². The van der Waals surface area contributed by atoms with Crippen LogP contribution in [0.25, 0.3) is 0 Å². The van der Waals surface area contributed by atoms with Crippen molar-refractivity contribution in [1.82, 2.24) is 19.6 Å². The van der Waals surface area contributed by atoms with Gasteiger partial charge in [-0.15, -0.1) is 0 Å². The summed E-state index contributed by atoms with van der Waals surface area (Å²) in [6, 6.07) is 0. The van der Waals surface area contributed by atoms with Crippen molar-refractivity contribution in [2.75, 3.05) is 79.5 Å². The molecule has 3 heterocycles. The molecule has 2 bridgehead atoms. The van der Waals surface area contributed by atoms with Gasteiger partial charge in [0.25, 0.3) is 0 Å². The monoisotopic (exact) mass is 602 g/mol. The van der Waals surface area contributed by atoms with Crippen LogP contribution in [0.2, 0.25) is 0 Å². The molecule has 3 saturated heterocycles. The van der Waals surface area contributed by atoms with Crippen molar-refractivity contribution in [2.45, 2.75) is 12.8 Å². The molecule has 3 aliphatic heterocycles. The molecule has 3 aliphatic rings. The number of halogens is 12. The first-order valence-electron chi connectivity index (χ1n) is 9.25. The van der Waals surface area contributed by atoms with Gasteiger partial charge in [-0.1, -0.05) is 0 Å². The second-order valence-corrected chi connectivity index (χ2v) is 9.83. The summed E-state index contributed by atoms with van der Waals surface area (Å²) in [5.74, 6) is 0. The van der Waals surface area contributed by atoms with Gasteiger partial charge in [0.1, 0.15) is 0 Å². The fraction of sp³-hybridized carbons (Fsp3) is 1.00. The Hall–Kier alpha value is 0.354.